The third-order valence-electron chi connectivity index (χ3n) is 7.40. The van der Waals surface area contributed by atoms with Gasteiger partial charge in [-0.15, -0.1) is 0 Å². The van der Waals surface area contributed by atoms with E-state index in [2.05, 4.69) is 25.9 Å². The summed E-state index contributed by atoms with van der Waals surface area (Å²) in [6.45, 7) is 1.22. The Hall–Kier alpha value is -3.38. The Balaban J connectivity index is 1.48. The molecule has 3 amide bonds. The molecule has 2 aromatic heterocycles. The standard InChI is InChI=1S/C25H30Cl2FN9O2/c1-30-25(39)36-8-2-3-15(12-36)32-23-31-11-19-22(35-23)37(16-6-4-13(5-7-16)21(29)38)24(33-19)34-20-17(27)9-14(26)10-18(20)28/h9-11,13,15-16H,2-8,12H2,1H3,(H2,29,38)(H,30,39)(H,33,34)(H,31,32,35). The van der Waals surface area contributed by atoms with E-state index in [0.29, 0.717) is 61.8 Å². The highest BCUT2D eigenvalue weighted by Crippen LogP contribution is 2.38. The number of halogens is 3. The fraction of sp³-hybridized carbons (Fsp3) is 0.480. The Labute approximate surface area is 234 Å². The van der Waals surface area contributed by atoms with Gasteiger partial charge >= 0.3 is 6.03 Å². The molecule has 1 atom stereocenters. The highest BCUT2D eigenvalue weighted by molar-refractivity contribution is 6.36. The van der Waals surface area contributed by atoms with Gasteiger partial charge in [-0.05, 0) is 50.7 Å². The first-order valence-corrected chi connectivity index (χ1v) is 13.7. The topological polar surface area (TPSA) is 143 Å². The molecule has 1 aliphatic heterocycles. The minimum absolute atomic E-state index is 0.0181. The van der Waals surface area contributed by atoms with Crippen molar-refractivity contribution in [2.75, 3.05) is 30.8 Å². The zero-order valence-corrected chi connectivity index (χ0v) is 22.9. The molecule has 1 unspecified atom stereocenters. The Morgan fingerprint density at radius 2 is 1.90 bits per heavy atom. The molecular formula is C25H30Cl2FN9O2. The number of nitrogens with zero attached hydrogens (tertiary/aromatic N) is 5. The average Bonchev–Trinajstić information content (AvgIpc) is 3.27. The third-order valence-corrected chi connectivity index (χ3v) is 7.91. The van der Waals surface area contributed by atoms with Gasteiger partial charge < -0.3 is 26.6 Å². The lowest BCUT2D eigenvalue weighted by molar-refractivity contribution is -0.122. The van der Waals surface area contributed by atoms with Crippen LogP contribution in [-0.2, 0) is 4.79 Å². The number of hydrogen-bond donors (Lipinski definition) is 4. The van der Waals surface area contributed by atoms with E-state index >= 15 is 0 Å². The van der Waals surface area contributed by atoms with E-state index in [1.165, 1.54) is 12.1 Å². The summed E-state index contributed by atoms with van der Waals surface area (Å²) in [5.41, 5.74) is 6.67. The zero-order valence-electron chi connectivity index (χ0n) is 21.4. The smallest absolute Gasteiger partial charge is 0.317 e. The molecule has 0 radical (unpaired) electrons. The minimum Gasteiger partial charge on any atom is -0.369 e. The van der Waals surface area contributed by atoms with Gasteiger partial charge in [0.05, 0.1) is 16.9 Å². The molecule has 0 bridgehead atoms. The summed E-state index contributed by atoms with van der Waals surface area (Å²) in [6.07, 6.45) is 5.93. The number of hydrogen-bond acceptors (Lipinski definition) is 7. The molecule has 1 aromatic carbocycles. The summed E-state index contributed by atoms with van der Waals surface area (Å²) < 4.78 is 16.7. The van der Waals surface area contributed by atoms with Crippen LogP contribution in [0.3, 0.4) is 0 Å². The predicted molar refractivity (Wildman–Crippen MR) is 148 cm³/mol. The Kier molecular flexibility index (Phi) is 7.94. The van der Waals surface area contributed by atoms with E-state index in [1.807, 2.05) is 4.57 Å². The second kappa shape index (κ2) is 11.4. The first-order valence-electron chi connectivity index (χ1n) is 12.9. The summed E-state index contributed by atoms with van der Waals surface area (Å²) in [5, 5.41) is 9.36. The van der Waals surface area contributed by atoms with Crippen LogP contribution in [0, 0.1) is 11.7 Å². The number of carbonyl (C=O) groups excluding carboxylic acids is 2. The van der Waals surface area contributed by atoms with Crippen LogP contribution in [0.15, 0.2) is 18.3 Å². The van der Waals surface area contributed by atoms with Crippen LogP contribution in [0.5, 0.6) is 0 Å². The monoisotopic (exact) mass is 577 g/mol. The van der Waals surface area contributed by atoms with Gasteiger partial charge in [-0.1, -0.05) is 23.2 Å². The highest BCUT2D eigenvalue weighted by atomic mass is 35.5. The number of imidazole rings is 1. The van der Waals surface area contributed by atoms with Crippen molar-refractivity contribution in [3.8, 4) is 0 Å². The number of primary amides is 1. The molecule has 2 aliphatic rings. The SMILES string of the molecule is CNC(=O)N1CCCC(Nc2ncc3nc(Nc4c(F)cc(Cl)cc4Cl)n(C4CCC(C(N)=O)CC4)c3n2)C1. The first kappa shape index (κ1) is 27.2. The Morgan fingerprint density at radius 3 is 2.59 bits per heavy atom. The molecule has 3 heterocycles. The Bertz CT molecular complexity index is 1370. The van der Waals surface area contributed by atoms with E-state index in [4.69, 9.17) is 33.9 Å². The quantitative estimate of drug-likeness (QED) is 0.339. The molecular weight excluding hydrogens is 548 g/mol. The van der Waals surface area contributed by atoms with Crippen molar-refractivity contribution in [2.45, 2.75) is 50.6 Å². The van der Waals surface area contributed by atoms with Crippen molar-refractivity contribution in [1.82, 2.24) is 29.7 Å². The van der Waals surface area contributed by atoms with Crippen molar-refractivity contribution >= 4 is 63.9 Å². The molecule has 0 spiro atoms. The van der Waals surface area contributed by atoms with Crippen LogP contribution >= 0.6 is 23.2 Å². The van der Waals surface area contributed by atoms with E-state index in [1.54, 1.807) is 18.1 Å². The molecule has 1 saturated heterocycles. The van der Waals surface area contributed by atoms with Gasteiger partial charge in [-0.2, -0.15) is 4.98 Å². The van der Waals surface area contributed by atoms with Crippen LogP contribution in [0.25, 0.3) is 11.2 Å². The maximum Gasteiger partial charge on any atom is 0.317 e. The van der Waals surface area contributed by atoms with Crippen molar-refractivity contribution in [1.29, 1.82) is 0 Å². The fourth-order valence-corrected chi connectivity index (χ4v) is 5.92. The number of fused-ring (bicyclic) bond motifs is 1. The van der Waals surface area contributed by atoms with E-state index in [-0.39, 0.29) is 45.7 Å². The summed E-state index contributed by atoms with van der Waals surface area (Å²) in [5.74, 6) is -0.345. The van der Waals surface area contributed by atoms with Crippen LogP contribution in [-0.4, -0.2) is 62.5 Å². The minimum atomic E-state index is -0.616. The molecule has 2 fully saturated rings. The van der Waals surface area contributed by atoms with Crippen LogP contribution in [0.1, 0.15) is 44.6 Å². The highest BCUT2D eigenvalue weighted by Gasteiger charge is 2.30. The van der Waals surface area contributed by atoms with Crippen LogP contribution < -0.4 is 21.7 Å². The van der Waals surface area contributed by atoms with Gasteiger partial charge in [0.25, 0.3) is 0 Å². The summed E-state index contributed by atoms with van der Waals surface area (Å²) in [6, 6.07) is 2.42. The number of nitrogens with one attached hydrogen (secondary N) is 3. The van der Waals surface area contributed by atoms with E-state index in [0.717, 1.165) is 12.8 Å². The number of amides is 3. The number of aromatic nitrogens is 4. The van der Waals surface area contributed by atoms with Gasteiger partial charge in [-0.3, -0.25) is 9.36 Å². The van der Waals surface area contributed by atoms with Crippen molar-refractivity contribution in [3.05, 3.63) is 34.2 Å². The summed E-state index contributed by atoms with van der Waals surface area (Å²) >= 11 is 12.3. The van der Waals surface area contributed by atoms with Crippen LogP contribution in [0.2, 0.25) is 10.0 Å². The lowest BCUT2D eigenvalue weighted by Crippen LogP contribution is -2.48. The number of nitrogens with two attached hydrogens (primary N) is 1. The molecule has 1 saturated carbocycles. The van der Waals surface area contributed by atoms with Gasteiger partial charge in [0, 0.05) is 43.2 Å². The molecule has 5 N–H and O–H groups in total. The van der Waals surface area contributed by atoms with Crippen molar-refractivity contribution < 1.29 is 14.0 Å². The van der Waals surface area contributed by atoms with Gasteiger partial charge in [0.1, 0.15) is 11.3 Å². The van der Waals surface area contributed by atoms with Gasteiger partial charge in [0.2, 0.25) is 17.8 Å². The Morgan fingerprint density at radius 1 is 1.13 bits per heavy atom. The molecule has 14 heteroatoms. The molecule has 3 aromatic rings. The maximum absolute atomic E-state index is 14.8. The number of likely N-dealkylation sites (tertiary alicyclic amines) is 1. The van der Waals surface area contributed by atoms with Gasteiger partial charge in [0.15, 0.2) is 5.65 Å². The number of carbonyl (C=O) groups is 2. The molecule has 208 valence electrons. The number of anilines is 3. The van der Waals surface area contributed by atoms with Gasteiger partial charge in [-0.25, -0.2) is 19.2 Å². The zero-order chi connectivity index (χ0) is 27.7. The van der Waals surface area contributed by atoms with E-state index < -0.39 is 5.82 Å². The van der Waals surface area contributed by atoms with Crippen molar-refractivity contribution in [3.63, 3.8) is 0 Å². The molecule has 39 heavy (non-hydrogen) atoms. The summed E-state index contributed by atoms with van der Waals surface area (Å²) in [7, 11) is 1.61. The van der Waals surface area contributed by atoms with Crippen LogP contribution in [0.4, 0.5) is 26.8 Å². The number of urea groups is 1. The normalized spacial score (nSPS) is 21.5. The lowest BCUT2D eigenvalue weighted by Gasteiger charge is -2.32. The first-order chi connectivity index (χ1) is 18.7. The van der Waals surface area contributed by atoms with E-state index in [9.17, 15) is 14.0 Å². The third kappa shape index (κ3) is 5.81. The second-order valence-electron chi connectivity index (χ2n) is 9.97. The molecule has 1 aliphatic carbocycles. The summed E-state index contributed by atoms with van der Waals surface area (Å²) in [4.78, 5) is 39.5. The number of piperidine rings is 1. The fourth-order valence-electron chi connectivity index (χ4n) is 5.41. The maximum atomic E-state index is 14.8. The largest absolute Gasteiger partial charge is 0.369 e. The lowest BCUT2D eigenvalue weighted by atomic mass is 9.85. The predicted octanol–water partition coefficient (Wildman–Crippen LogP) is 4.45. The second-order valence-corrected chi connectivity index (χ2v) is 10.8. The molecule has 5 rings (SSSR count). The number of rotatable bonds is 6. The molecule has 11 nitrogen and oxygen atoms in total. The number of benzene rings is 1. The van der Waals surface area contributed by atoms with Crippen molar-refractivity contribution in [2.24, 2.45) is 11.7 Å². The average molecular weight is 578 g/mol.